The average molecular weight is 375 g/mol. The number of benzene rings is 2. The third kappa shape index (κ3) is 4.51. The Morgan fingerprint density at radius 3 is 2.12 bits per heavy atom. The van der Waals surface area contributed by atoms with Gasteiger partial charge in [0, 0.05) is 25.7 Å². The Hall–Kier alpha value is -2.18. The van der Waals surface area contributed by atoms with Crippen LogP contribution in [0.3, 0.4) is 0 Å². The molecule has 0 bridgehead atoms. The Balaban J connectivity index is 2.15. The molecule has 0 fully saturated rings. The lowest BCUT2D eigenvalue weighted by Gasteiger charge is -2.25. The normalized spacial score (nSPS) is 11.4. The molecule has 0 aliphatic carbocycles. The first-order valence-corrected chi connectivity index (χ1v) is 10.0. The van der Waals surface area contributed by atoms with Crippen LogP contribution < -0.4 is 9.62 Å². The maximum atomic E-state index is 12.5. The fourth-order valence-corrected chi connectivity index (χ4v) is 4.02. The van der Waals surface area contributed by atoms with Crippen molar-refractivity contribution in [2.75, 3.05) is 18.0 Å². The van der Waals surface area contributed by atoms with Gasteiger partial charge in [0.15, 0.2) is 0 Å². The maximum Gasteiger partial charge on any atom is 0.240 e. The van der Waals surface area contributed by atoms with Crippen LogP contribution in [-0.4, -0.2) is 27.4 Å². The largest absolute Gasteiger partial charge is 0.311 e. The second-order valence-electron chi connectivity index (χ2n) is 6.55. The minimum Gasteiger partial charge on any atom is -0.311 e. The summed E-state index contributed by atoms with van der Waals surface area (Å²) < 4.78 is 27.6. The molecule has 1 amide bonds. The highest BCUT2D eigenvalue weighted by Gasteiger charge is 2.18. The van der Waals surface area contributed by atoms with Crippen LogP contribution in [-0.2, 0) is 14.8 Å². The van der Waals surface area contributed by atoms with E-state index in [9.17, 15) is 13.2 Å². The van der Waals surface area contributed by atoms with Crippen LogP contribution in [0.15, 0.2) is 41.3 Å². The van der Waals surface area contributed by atoms with E-state index in [1.165, 1.54) is 6.92 Å². The average Bonchev–Trinajstić information content (AvgIpc) is 2.55. The summed E-state index contributed by atoms with van der Waals surface area (Å²) in [5, 5.41) is 0. The molecule has 0 atom stereocenters. The number of sulfonamides is 1. The van der Waals surface area contributed by atoms with Crippen molar-refractivity contribution >= 4 is 21.6 Å². The van der Waals surface area contributed by atoms with Crippen LogP contribution in [0.5, 0.6) is 0 Å². The first kappa shape index (κ1) is 20.1. The number of hydrogen-bond donors (Lipinski definition) is 1. The Bertz CT molecular complexity index is 900. The predicted octanol–water partition coefficient (Wildman–Crippen LogP) is 3.25. The number of hydrogen-bond acceptors (Lipinski definition) is 3. The second kappa shape index (κ2) is 8.01. The summed E-state index contributed by atoms with van der Waals surface area (Å²) >= 11 is 0. The molecular weight excluding hydrogens is 348 g/mol. The van der Waals surface area contributed by atoms with Crippen molar-refractivity contribution in [3.05, 3.63) is 58.7 Å². The summed E-state index contributed by atoms with van der Waals surface area (Å²) in [5.74, 6) is -0.118. The molecule has 2 rings (SSSR count). The highest BCUT2D eigenvalue weighted by Crippen LogP contribution is 2.24. The van der Waals surface area contributed by atoms with E-state index in [1.807, 2.05) is 45.9 Å². The number of carbonyl (C=O) groups excluding carboxylic acids is 1. The second-order valence-corrected chi connectivity index (χ2v) is 8.32. The lowest BCUT2D eigenvalue weighted by atomic mass is 10.1. The number of rotatable bonds is 6. The van der Waals surface area contributed by atoms with Crippen LogP contribution in [0.1, 0.15) is 29.2 Å². The zero-order valence-electron chi connectivity index (χ0n) is 16.0. The van der Waals surface area contributed by atoms with Crippen LogP contribution >= 0.6 is 0 Å². The Labute approximate surface area is 156 Å². The molecule has 140 valence electrons. The van der Waals surface area contributed by atoms with E-state index in [1.54, 1.807) is 23.1 Å². The highest BCUT2D eigenvalue weighted by atomic mass is 32.2. The summed E-state index contributed by atoms with van der Waals surface area (Å²) in [7, 11) is -3.61. The first-order chi connectivity index (χ1) is 12.1. The van der Waals surface area contributed by atoms with Crippen molar-refractivity contribution in [1.29, 1.82) is 0 Å². The standard InChI is InChI=1S/C20H26N2O3S/c1-14-9-10-19(13-17(14)4)26(24,25)21-11-12-22(18(5)23)20-15(2)7-6-8-16(20)3/h6-10,13,21H,11-12H2,1-5H3. The van der Waals surface area contributed by atoms with Crippen molar-refractivity contribution in [3.63, 3.8) is 0 Å². The van der Waals surface area contributed by atoms with Gasteiger partial charge < -0.3 is 4.90 Å². The van der Waals surface area contributed by atoms with Crippen molar-refractivity contribution in [2.24, 2.45) is 0 Å². The van der Waals surface area contributed by atoms with E-state index in [2.05, 4.69) is 4.72 Å². The van der Waals surface area contributed by atoms with Crippen LogP contribution in [0.2, 0.25) is 0 Å². The SMILES string of the molecule is CC(=O)N(CCNS(=O)(=O)c1ccc(C)c(C)c1)c1c(C)cccc1C. The molecule has 1 N–H and O–H groups in total. The van der Waals surface area contributed by atoms with Crippen LogP contribution in [0.4, 0.5) is 5.69 Å². The third-order valence-electron chi connectivity index (χ3n) is 4.51. The Morgan fingerprint density at radius 2 is 1.58 bits per heavy atom. The molecule has 0 aliphatic rings. The van der Waals surface area contributed by atoms with E-state index >= 15 is 0 Å². The van der Waals surface area contributed by atoms with Gasteiger partial charge in [-0.3, -0.25) is 4.79 Å². The Morgan fingerprint density at radius 1 is 0.962 bits per heavy atom. The number of carbonyl (C=O) groups is 1. The molecule has 0 radical (unpaired) electrons. The molecule has 2 aromatic carbocycles. The molecule has 0 spiro atoms. The van der Waals surface area contributed by atoms with Crippen molar-refractivity contribution in [2.45, 2.75) is 39.5 Å². The van der Waals surface area contributed by atoms with E-state index in [0.29, 0.717) is 0 Å². The fourth-order valence-electron chi connectivity index (χ4n) is 2.91. The highest BCUT2D eigenvalue weighted by molar-refractivity contribution is 7.89. The van der Waals surface area contributed by atoms with Gasteiger partial charge in [-0.25, -0.2) is 13.1 Å². The van der Waals surface area contributed by atoms with Gasteiger partial charge in [-0.2, -0.15) is 0 Å². The first-order valence-electron chi connectivity index (χ1n) is 8.54. The smallest absolute Gasteiger partial charge is 0.240 e. The van der Waals surface area contributed by atoms with Crippen molar-refractivity contribution in [3.8, 4) is 0 Å². The summed E-state index contributed by atoms with van der Waals surface area (Å²) in [5.41, 5.74) is 4.77. The van der Waals surface area contributed by atoms with Gasteiger partial charge in [0.05, 0.1) is 4.90 Å². The number of nitrogens with one attached hydrogen (secondary N) is 1. The molecule has 0 aliphatic heterocycles. The topological polar surface area (TPSA) is 66.5 Å². The lowest BCUT2D eigenvalue weighted by molar-refractivity contribution is -0.116. The maximum absolute atomic E-state index is 12.5. The number of nitrogens with zero attached hydrogens (tertiary/aromatic N) is 1. The number of aryl methyl sites for hydroxylation is 4. The molecule has 0 saturated heterocycles. The van der Waals surface area contributed by atoms with Crippen molar-refractivity contribution < 1.29 is 13.2 Å². The number of para-hydroxylation sites is 1. The fraction of sp³-hybridized carbons (Fsp3) is 0.350. The predicted molar refractivity (Wildman–Crippen MR) is 105 cm³/mol. The van der Waals surface area contributed by atoms with Gasteiger partial charge in [-0.1, -0.05) is 24.3 Å². The molecule has 0 heterocycles. The van der Waals surface area contributed by atoms with Gasteiger partial charge >= 0.3 is 0 Å². The molecular formula is C20H26N2O3S. The zero-order valence-corrected chi connectivity index (χ0v) is 16.8. The van der Waals surface area contributed by atoms with E-state index in [-0.39, 0.29) is 23.9 Å². The van der Waals surface area contributed by atoms with Crippen LogP contribution in [0, 0.1) is 27.7 Å². The minimum atomic E-state index is -3.61. The van der Waals surface area contributed by atoms with Gasteiger partial charge in [0.25, 0.3) is 0 Å². The number of amides is 1. The van der Waals surface area contributed by atoms with Gasteiger partial charge in [0.2, 0.25) is 15.9 Å². The van der Waals surface area contributed by atoms with Gasteiger partial charge in [-0.15, -0.1) is 0 Å². The molecule has 5 nitrogen and oxygen atoms in total. The number of anilines is 1. The van der Waals surface area contributed by atoms with E-state index < -0.39 is 10.0 Å². The van der Waals surface area contributed by atoms with Gasteiger partial charge in [-0.05, 0) is 62.1 Å². The monoisotopic (exact) mass is 374 g/mol. The van der Waals surface area contributed by atoms with Crippen LogP contribution in [0.25, 0.3) is 0 Å². The molecule has 6 heteroatoms. The minimum absolute atomic E-state index is 0.118. The molecule has 2 aromatic rings. The van der Waals surface area contributed by atoms with E-state index in [4.69, 9.17) is 0 Å². The zero-order chi connectivity index (χ0) is 19.5. The summed E-state index contributed by atoms with van der Waals surface area (Å²) in [6.45, 7) is 9.60. The molecule has 0 aromatic heterocycles. The molecule has 0 saturated carbocycles. The third-order valence-corrected chi connectivity index (χ3v) is 5.96. The quantitative estimate of drug-likeness (QED) is 0.844. The molecule has 0 unspecified atom stereocenters. The van der Waals surface area contributed by atoms with Crippen molar-refractivity contribution in [1.82, 2.24) is 4.72 Å². The van der Waals surface area contributed by atoms with Gasteiger partial charge in [0.1, 0.15) is 0 Å². The molecule has 26 heavy (non-hydrogen) atoms. The summed E-state index contributed by atoms with van der Waals surface area (Å²) in [6.07, 6.45) is 0. The summed E-state index contributed by atoms with van der Waals surface area (Å²) in [6, 6.07) is 10.9. The van der Waals surface area contributed by atoms with E-state index in [0.717, 1.165) is 27.9 Å². The Kier molecular flexibility index (Phi) is 6.21. The summed E-state index contributed by atoms with van der Waals surface area (Å²) in [4.78, 5) is 14.0. The lowest BCUT2D eigenvalue weighted by Crippen LogP contribution is -2.38.